The van der Waals surface area contributed by atoms with Crippen LogP contribution in [0.1, 0.15) is 41.2 Å². The van der Waals surface area contributed by atoms with Crippen molar-refractivity contribution >= 4 is 17.3 Å². The predicted octanol–water partition coefficient (Wildman–Crippen LogP) is 4.29. The van der Waals surface area contributed by atoms with Crippen LogP contribution >= 0.6 is 0 Å². The molecule has 3 N–H and O–H groups in total. The number of para-hydroxylation sites is 1. The van der Waals surface area contributed by atoms with Gasteiger partial charge in [0.1, 0.15) is 5.75 Å². The summed E-state index contributed by atoms with van der Waals surface area (Å²) in [6.45, 7) is 3.80. The molecule has 184 valence electrons. The van der Waals surface area contributed by atoms with Gasteiger partial charge in [-0.25, -0.2) is 4.39 Å². The van der Waals surface area contributed by atoms with Gasteiger partial charge in [-0.05, 0) is 57.1 Å². The summed E-state index contributed by atoms with van der Waals surface area (Å²) in [7, 11) is 3.00. The third-order valence-corrected chi connectivity index (χ3v) is 6.87. The van der Waals surface area contributed by atoms with Crippen molar-refractivity contribution in [2.24, 2.45) is 0 Å². The molecule has 2 aliphatic rings. The Balaban J connectivity index is 1.61. The number of nitrogens with one attached hydrogen (secondary N) is 3. The van der Waals surface area contributed by atoms with E-state index in [2.05, 4.69) is 25.5 Å². The number of pyridine rings is 1. The molecule has 1 amide bonds. The number of benzene rings is 1. The van der Waals surface area contributed by atoms with Gasteiger partial charge in [-0.15, -0.1) is 0 Å². The molecule has 0 spiro atoms. The van der Waals surface area contributed by atoms with Crippen molar-refractivity contribution in [1.82, 2.24) is 20.2 Å². The second-order valence-electron chi connectivity index (χ2n) is 8.93. The molecule has 1 fully saturated rings. The number of aromatic nitrogens is 2. The Labute approximate surface area is 203 Å². The van der Waals surface area contributed by atoms with E-state index in [0.29, 0.717) is 34.9 Å². The van der Waals surface area contributed by atoms with Crippen LogP contribution < -0.4 is 20.1 Å². The Morgan fingerprint density at radius 1 is 1.20 bits per heavy atom. The molecule has 0 aliphatic carbocycles. The van der Waals surface area contributed by atoms with Crippen molar-refractivity contribution in [2.75, 3.05) is 45.7 Å². The van der Waals surface area contributed by atoms with Gasteiger partial charge in [0.15, 0.2) is 11.6 Å². The van der Waals surface area contributed by atoms with E-state index in [4.69, 9.17) is 9.47 Å². The average Bonchev–Trinajstić information content (AvgIpc) is 3.53. The molecule has 35 heavy (non-hydrogen) atoms. The molecule has 5 rings (SSSR count). The minimum atomic E-state index is -0.488. The Morgan fingerprint density at radius 3 is 2.80 bits per heavy atom. The highest BCUT2D eigenvalue weighted by molar-refractivity contribution is 6.07. The summed E-state index contributed by atoms with van der Waals surface area (Å²) >= 11 is 0. The number of H-pyrrole nitrogens is 1. The van der Waals surface area contributed by atoms with Crippen molar-refractivity contribution in [2.45, 2.75) is 25.2 Å². The van der Waals surface area contributed by atoms with Crippen LogP contribution in [0.15, 0.2) is 36.7 Å². The number of likely N-dealkylation sites (tertiary alicyclic amines) is 1. The van der Waals surface area contributed by atoms with Gasteiger partial charge in [0.25, 0.3) is 5.91 Å². The highest BCUT2D eigenvalue weighted by Gasteiger charge is 2.34. The number of amides is 1. The number of aromatic amines is 1. The third-order valence-electron chi connectivity index (χ3n) is 6.87. The van der Waals surface area contributed by atoms with Crippen LogP contribution in [0.4, 0.5) is 15.8 Å². The standard InChI is InChI=1S/C26H30FN5O3/c1-34-20-15-28-10-8-17(20)23-24(30-19-7-5-6-18(27)25(19)35-2)21-22(31-23)16(14-29-26(21)33)9-13-32-11-3-4-12-32/h5-8,10,15-16,30-31H,3-4,9,11-14H2,1-2H3,(H,29,33)/t16-/m0/s1. The maximum atomic E-state index is 14.5. The quantitative estimate of drug-likeness (QED) is 0.447. The number of hydrogen-bond donors (Lipinski definition) is 3. The fraction of sp³-hybridized carbons (Fsp3) is 0.385. The molecule has 1 saturated heterocycles. The molecular weight excluding hydrogens is 449 g/mol. The number of fused-ring (bicyclic) bond motifs is 1. The summed E-state index contributed by atoms with van der Waals surface area (Å²) < 4.78 is 25.3. The number of carbonyl (C=O) groups is 1. The lowest BCUT2D eigenvalue weighted by Gasteiger charge is -2.25. The third kappa shape index (κ3) is 4.43. The van der Waals surface area contributed by atoms with E-state index in [1.54, 1.807) is 31.6 Å². The fourth-order valence-electron chi connectivity index (χ4n) is 5.08. The number of nitrogens with zero attached hydrogens (tertiary/aromatic N) is 2. The first-order valence-electron chi connectivity index (χ1n) is 11.9. The zero-order valence-corrected chi connectivity index (χ0v) is 20.0. The first kappa shape index (κ1) is 23.2. The molecule has 2 aromatic heterocycles. The topological polar surface area (TPSA) is 91.5 Å². The van der Waals surface area contributed by atoms with Crippen molar-refractivity contribution in [3.05, 3.63) is 53.7 Å². The van der Waals surface area contributed by atoms with E-state index in [1.807, 2.05) is 6.07 Å². The first-order valence-corrected chi connectivity index (χ1v) is 11.9. The molecule has 0 radical (unpaired) electrons. The van der Waals surface area contributed by atoms with Gasteiger partial charge in [-0.1, -0.05) is 6.07 Å². The van der Waals surface area contributed by atoms with Gasteiger partial charge in [-0.2, -0.15) is 0 Å². The van der Waals surface area contributed by atoms with E-state index in [9.17, 15) is 9.18 Å². The molecule has 1 aromatic carbocycles. The molecule has 3 aromatic rings. The molecular formula is C26H30FN5O3. The largest absolute Gasteiger partial charge is 0.494 e. The van der Waals surface area contributed by atoms with Crippen LogP contribution in [0.3, 0.4) is 0 Å². The fourth-order valence-corrected chi connectivity index (χ4v) is 5.08. The smallest absolute Gasteiger partial charge is 0.255 e. The maximum Gasteiger partial charge on any atom is 0.255 e. The van der Waals surface area contributed by atoms with Gasteiger partial charge in [0, 0.05) is 29.9 Å². The summed E-state index contributed by atoms with van der Waals surface area (Å²) in [6.07, 6.45) is 6.71. The molecule has 2 aliphatic heterocycles. The summed E-state index contributed by atoms with van der Waals surface area (Å²) in [6, 6.07) is 6.50. The maximum absolute atomic E-state index is 14.5. The summed E-state index contributed by atoms with van der Waals surface area (Å²) in [4.78, 5) is 23.4. The second-order valence-corrected chi connectivity index (χ2v) is 8.93. The van der Waals surface area contributed by atoms with Gasteiger partial charge in [0.05, 0.1) is 43.0 Å². The van der Waals surface area contributed by atoms with Gasteiger partial charge >= 0.3 is 0 Å². The first-order chi connectivity index (χ1) is 17.1. The van der Waals surface area contributed by atoms with Crippen LogP contribution in [-0.4, -0.2) is 61.2 Å². The number of rotatable bonds is 8. The van der Waals surface area contributed by atoms with Crippen LogP contribution in [0.25, 0.3) is 11.3 Å². The summed E-state index contributed by atoms with van der Waals surface area (Å²) in [5.74, 6) is 0.106. The molecule has 0 saturated carbocycles. The second kappa shape index (κ2) is 9.95. The minimum Gasteiger partial charge on any atom is -0.494 e. The Bertz CT molecular complexity index is 1220. The number of hydrogen-bond acceptors (Lipinski definition) is 6. The van der Waals surface area contributed by atoms with Gasteiger partial charge in [0.2, 0.25) is 0 Å². The van der Waals surface area contributed by atoms with E-state index in [-0.39, 0.29) is 17.6 Å². The van der Waals surface area contributed by atoms with Crippen molar-refractivity contribution < 1.29 is 18.7 Å². The number of halogens is 1. The normalized spacial score (nSPS) is 17.7. The Morgan fingerprint density at radius 2 is 2.03 bits per heavy atom. The lowest BCUT2D eigenvalue weighted by molar-refractivity contribution is 0.0939. The van der Waals surface area contributed by atoms with Crippen molar-refractivity contribution in [1.29, 1.82) is 0 Å². The number of ether oxygens (including phenoxy) is 2. The van der Waals surface area contributed by atoms with Crippen LogP contribution in [-0.2, 0) is 0 Å². The van der Waals surface area contributed by atoms with E-state index >= 15 is 0 Å². The van der Waals surface area contributed by atoms with Crippen LogP contribution in [0.5, 0.6) is 11.5 Å². The van der Waals surface area contributed by atoms with E-state index in [1.165, 1.54) is 26.0 Å². The molecule has 9 heteroatoms. The van der Waals surface area contributed by atoms with Crippen molar-refractivity contribution in [3.63, 3.8) is 0 Å². The lowest BCUT2D eigenvalue weighted by atomic mass is 9.93. The summed E-state index contributed by atoms with van der Waals surface area (Å²) in [5, 5.41) is 6.35. The summed E-state index contributed by atoms with van der Waals surface area (Å²) in [5.41, 5.74) is 3.82. The number of methoxy groups -OCH3 is 2. The predicted molar refractivity (Wildman–Crippen MR) is 132 cm³/mol. The number of carbonyl (C=O) groups excluding carboxylic acids is 1. The van der Waals surface area contributed by atoms with Gasteiger partial charge in [-0.3, -0.25) is 9.78 Å². The van der Waals surface area contributed by atoms with E-state index < -0.39 is 5.82 Å². The van der Waals surface area contributed by atoms with Gasteiger partial charge < -0.3 is 30.0 Å². The van der Waals surface area contributed by atoms with E-state index in [0.717, 1.165) is 37.3 Å². The number of anilines is 2. The molecule has 1 atom stereocenters. The molecule has 4 heterocycles. The average molecular weight is 480 g/mol. The molecule has 0 bridgehead atoms. The Kier molecular flexibility index (Phi) is 6.59. The Hall–Kier alpha value is -3.59. The van der Waals surface area contributed by atoms with Crippen LogP contribution in [0, 0.1) is 5.82 Å². The van der Waals surface area contributed by atoms with Crippen LogP contribution in [0.2, 0.25) is 0 Å². The molecule has 0 unspecified atom stereocenters. The van der Waals surface area contributed by atoms with Crippen molar-refractivity contribution in [3.8, 4) is 22.8 Å². The zero-order valence-electron chi connectivity index (χ0n) is 20.0. The monoisotopic (exact) mass is 479 g/mol. The minimum absolute atomic E-state index is 0.0805. The molecule has 8 nitrogen and oxygen atoms in total. The highest BCUT2D eigenvalue weighted by Crippen LogP contribution is 2.44. The highest BCUT2D eigenvalue weighted by atomic mass is 19.1. The SMILES string of the molecule is COc1cnccc1-c1[nH]c2c(c1Nc1cccc(F)c1OC)C(=O)NC[C@@H]2CCN1CCCC1. The lowest BCUT2D eigenvalue weighted by Crippen LogP contribution is -2.36. The zero-order chi connectivity index (χ0) is 24.4.